The molecule has 1 N–H and O–H groups in total. The predicted octanol–water partition coefficient (Wildman–Crippen LogP) is 1.04. The zero-order valence-electron chi connectivity index (χ0n) is 9.22. The van der Waals surface area contributed by atoms with E-state index in [-0.39, 0.29) is 0 Å². The van der Waals surface area contributed by atoms with Crippen molar-refractivity contribution in [1.82, 2.24) is 14.9 Å². The lowest BCUT2D eigenvalue weighted by Gasteiger charge is -2.17. The standard InChI is InChI=1S/C11H19N3O/c1-10(8-14-5-4-12-9-14)13-7-11-3-2-6-15-11/h4-5,9-11,13H,2-3,6-8H2,1H3. The molecule has 84 valence electrons. The van der Waals surface area contributed by atoms with Gasteiger partial charge in [-0.2, -0.15) is 0 Å². The molecule has 2 unspecified atom stereocenters. The van der Waals surface area contributed by atoms with Gasteiger partial charge in [0.25, 0.3) is 0 Å². The van der Waals surface area contributed by atoms with Crippen molar-refractivity contribution in [2.24, 2.45) is 0 Å². The third kappa shape index (κ3) is 3.32. The van der Waals surface area contributed by atoms with Crippen LogP contribution < -0.4 is 5.32 Å². The van der Waals surface area contributed by atoms with Gasteiger partial charge in [0.2, 0.25) is 0 Å². The molecule has 0 amide bonds. The summed E-state index contributed by atoms with van der Waals surface area (Å²) in [7, 11) is 0. The van der Waals surface area contributed by atoms with Crippen molar-refractivity contribution in [2.45, 2.75) is 38.5 Å². The molecule has 1 aliphatic rings. The van der Waals surface area contributed by atoms with Crippen LogP contribution in [-0.4, -0.2) is 34.8 Å². The third-order valence-corrected chi connectivity index (χ3v) is 2.76. The number of nitrogens with zero attached hydrogens (tertiary/aromatic N) is 2. The fourth-order valence-electron chi connectivity index (χ4n) is 1.91. The summed E-state index contributed by atoms with van der Waals surface area (Å²) in [5.74, 6) is 0. The monoisotopic (exact) mass is 209 g/mol. The van der Waals surface area contributed by atoms with Gasteiger partial charge in [0, 0.05) is 38.1 Å². The van der Waals surface area contributed by atoms with Gasteiger partial charge in [-0.25, -0.2) is 4.98 Å². The summed E-state index contributed by atoms with van der Waals surface area (Å²) >= 11 is 0. The predicted molar refractivity (Wildman–Crippen MR) is 58.7 cm³/mol. The van der Waals surface area contributed by atoms with E-state index in [2.05, 4.69) is 21.8 Å². The van der Waals surface area contributed by atoms with Crippen LogP contribution in [0, 0.1) is 0 Å². The summed E-state index contributed by atoms with van der Waals surface area (Å²) in [5.41, 5.74) is 0. The fourth-order valence-corrected chi connectivity index (χ4v) is 1.91. The van der Waals surface area contributed by atoms with E-state index in [0.29, 0.717) is 12.1 Å². The molecule has 4 nitrogen and oxygen atoms in total. The average Bonchev–Trinajstić information content (AvgIpc) is 2.86. The van der Waals surface area contributed by atoms with Gasteiger partial charge in [-0.15, -0.1) is 0 Å². The quantitative estimate of drug-likeness (QED) is 0.787. The first kappa shape index (κ1) is 10.6. The highest BCUT2D eigenvalue weighted by Gasteiger charge is 2.15. The van der Waals surface area contributed by atoms with Crippen LogP contribution in [0.4, 0.5) is 0 Å². The van der Waals surface area contributed by atoms with Crippen molar-refractivity contribution in [1.29, 1.82) is 0 Å². The number of aromatic nitrogens is 2. The number of imidazole rings is 1. The zero-order chi connectivity index (χ0) is 10.5. The van der Waals surface area contributed by atoms with Crippen LogP contribution in [0.5, 0.6) is 0 Å². The van der Waals surface area contributed by atoms with Gasteiger partial charge in [0.05, 0.1) is 12.4 Å². The van der Waals surface area contributed by atoms with Crippen molar-refractivity contribution in [3.05, 3.63) is 18.7 Å². The van der Waals surface area contributed by atoms with E-state index in [0.717, 1.165) is 19.7 Å². The van der Waals surface area contributed by atoms with E-state index in [1.165, 1.54) is 12.8 Å². The van der Waals surface area contributed by atoms with Crippen LogP contribution in [-0.2, 0) is 11.3 Å². The van der Waals surface area contributed by atoms with Crippen molar-refractivity contribution in [2.75, 3.05) is 13.2 Å². The maximum Gasteiger partial charge on any atom is 0.0946 e. The number of rotatable bonds is 5. The van der Waals surface area contributed by atoms with Gasteiger partial charge in [-0.3, -0.25) is 0 Å². The van der Waals surface area contributed by atoms with E-state index < -0.39 is 0 Å². The molecule has 2 heterocycles. The summed E-state index contributed by atoms with van der Waals surface area (Å²) in [4.78, 5) is 4.02. The van der Waals surface area contributed by atoms with Gasteiger partial charge >= 0.3 is 0 Å². The molecule has 1 fully saturated rings. The average molecular weight is 209 g/mol. The number of hydrogen-bond acceptors (Lipinski definition) is 3. The summed E-state index contributed by atoms with van der Waals surface area (Å²) in [6.45, 7) is 5.06. The zero-order valence-corrected chi connectivity index (χ0v) is 9.22. The minimum Gasteiger partial charge on any atom is -0.377 e. The molecule has 1 aromatic rings. The Hall–Kier alpha value is -0.870. The highest BCUT2D eigenvalue weighted by molar-refractivity contribution is 4.77. The van der Waals surface area contributed by atoms with Crippen LogP contribution in [0.1, 0.15) is 19.8 Å². The van der Waals surface area contributed by atoms with E-state index in [9.17, 15) is 0 Å². The molecule has 0 spiro atoms. The first-order valence-electron chi connectivity index (χ1n) is 5.65. The number of nitrogens with one attached hydrogen (secondary N) is 1. The Bertz CT molecular complexity index is 267. The highest BCUT2D eigenvalue weighted by Crippen LogP contribution is 2.10. The van der Waals surface area contributed by atoms with Crippen molar-refractivity contribution < 1.29 is 4.74 Å². The molecular weight excluding hydrogens is 190 g/mol. The maximum absolute atomic E-state index is 5.56. The topological polar surface area (TPSA) is 39.1 Å². The molecule has 1 saturated heterocycles. The van der Waals surface area contributed by atoms with Crippen molar-refractivity contribution in [3.8, 4) is 0 Å². The summed E-state index contributed by atoms with van der Waals surface area (Å²) in [6.07, 6.45) is 8.49. The lowest BCUT2D eigenvalue weighted by molar-refractivity contribution is 0.107. The van der Waals surface area contributed by atoms with Crippen LogP contribution in [0.2, 0.25) is 0 Å². The Labute approximate surface area is 90.6 Å². The van der Waals surface area contributed by atoms with E-state index >= 15 is 0 Å². The first-order valence-corrected chi connectivity index (χ1v) is 5.65. The molecule has 2 atom stereocenters. The Balaban J connectivity index is 1.66. The van der Waals surface area contributed by atoms with Gasteiger partial charge in [-0.1, -0.05) is 0 Å². The molecule has 0 saturated carbocycles. The van der Waals surface area contributed by atoms with Crippen LogP contribution in [0.3, 0.4) is 0 Å². The summed E-state index contributed by atoms with van der Waals surface area (Å²) in [6, 6.07) is 0.461. The Kier molecular flexibility index (Phi) is 3.75. The van der Waals surface area contributed by atoms with Gasteiger partial charge in [0.1, 0.15) is 0 Å². The minimum absolute atomic E-state index is 0.426. The molecule has 1 aromatic heterocycles. The van der Waals surface area contributed by atoms with Gasteiger partial charge in [-0.05, 0) is 19.8 Å². The second kappa shape index (κ2) is 5.28. The second-order valence-electron chi connectivity index (χ2n) is 4.20. The lowest BCUT2D eigenvalue weighted by atomic mass is 10.2. The Morgan fingerprint density at radius 1 is 1.67 bits per heavy atom. The first-order chi connectivity index (χ1) is 7.34. The minimum atomic E-state index is 0.426. The Morgan fingerprint density at radius 3 is 3.27 bits per heavy atom. The van der Waals surface area contributed by atoms with Crippen LogP contribution in [0.15, 0.2) is 18.7 Å². The second-order valence-corrected chi connectivity index (χ2v) is 4.20. The molecule has 0 aromatic carbocycles. The van der Waals surface area contributed by atoms with Gasteiger partial charge < -0.3 is 14.6 Å². The lowest BCUT2D eigenvalue weighted by Crippen LogP contribution is -2.35. The molecule has 0 radical (unpaired) electrons. The summed E-state index contributed by atoms with van der Waals surface area (Å²) < 4.78 is 7.65. The number of hydrogen-bond donors (Lipinski definition) is 1. The fraction of sp³-hybridized carbons (Fsp3) is 0.727. The maximum atomic E-state index is 5.56. The third-order valence-electron chi connectivity index (χ3n) is 2.76. The smallest absolute Gasteiger partial charge is 0.0946 e. The van der Waals surface area contributed by atoms with Crippen molar-refractivity contribution >= 4 is 0 Å². The number of ether oxygens (including phenoxy) is 1. The van der Waals surface area contributed by atoms with Gasteiger partial charge in [0.15, 0.2) is 0 Å². The molecule has 4 heteroatoms. The molecular formula is C11H19N3O. The molecule has 15 heavy (non-hydrogen) atoms. The summed E-state index contributed by atoms with van der Waals surface area (Å²) in [5, 5.41) is 3.49. The van der Waals surface area contributed by atoms with E-state index in [1.807, 2.05) is 18.7 Å². The van der Waals surface area contributed by atoms with Crippen LogP contribution in [0.25, 0.3) is 0 Å². The molecule has 0 aliphatic carbocycles. The molecule has 2 rings (SSSR count). The van der Waals surface area contributed by atoms with E-state index in [4.69, 9.17) is 4.74 Å². The molecule has 0 bridgehead atoms. The SMILES string of the molecule is CC(Cn1ccnc1)NCC1CCCO1. The van der Waals surface area contributed by atoms with Crippen molar-refractivity contribution in [3.63, 3.8) is 0 Å². The highest BCUT2D eigenvalue weighted by atomic mass is 16.5. The largest absolute Gasteiger partial charge is 0.377 e. The van der Waals surface area contributed by atoms with Crippen LogP contribution >= 0.6 is 0 Å². The molecule has 1 aliphatic heterocycles. The Morgan fingerprint density at radius 2 is 2.60 bits per heavy atom. The normalized spacial score (nSPS) is 23.1. The van der Waals surface area contributed by atoms with E-state index in [1.54, 1.807) is 0 Å².